The summed E-state index contributed by atoms with van der Waals surface area (Å²) in [7, 11) is 0. The minimum Gasteiger partial charge on any atom is -0.336 e. The van der Waals surface area contributed by atoms with Crippen molar-refractivity contribution in [3.05, 3.63) is 65.5 Å². The molecular weight excluding hydrogens is 340 g/mol. The molecule has 2 aromatic rings. The van der Waals surface area contributed by atoms with Crippen molar-refractivity contribution in [3.63, 3.8) is 0 Å². The molecule has 0 bridgehead atoms. The molecular formula is C21H26N4O2. The minimum absolute atomic E-state index is 0.0234. The monoisotopic (exact) mass is 366 g/mol. The number of likely N-dealkylation sites (tertiary alicyclic amines) is 1. The summed E-state index contributed by atoms with van der Waals surface area (Å²) < 4.78 is 0. The third-order valence-corrected chi connectivity index (χ3v) is 4.85. The van der Waals surface area contributed by atoms with E-state index in [2.05, 4.69) is 10.3 Å². The number of benzene rings is 1. The Bertz CT molecular complexity index is 777. The molecule has 0 spiro atoms. The molecule has 1 aromatic heterocycles. The Kier molecular flexibility index (Phi) is 6.06. The van der Waals surface area contributed by atoms with Crippen molar-refractivity contribution < 1.29 is 9.59 Å². The van der Waals surface area contributed by atoms with Crippen molar-refractivity contribution >= 4 is 11.9 Å². The molecule has 6 nitrogen and oxygen atoms in total. The molecule has 0 unspecified atom stereocenters. The van der Waals surface area contributed by atoms with Gasteiger partial charge in [0.25, 0.3) is 5.91 Å². The van der Waals surface area contributed by atoms with E-state index in [4.69, 9.17) is 0 Å². The molecule has 1 saturated heterocycles. The van der Waals surface area contributed by atoms with E-state index in [-0.39, 0.29) is 18.0 Å². The van der Waals surface area contributed by atoms with Gasteiger partial charge in [-0.05, 0) is 38.0 Å². The van der Waals surface area contributed by atoms with Gasteiger partial charge in [0.05, 0.1) is 5.56 Å². The van der Waals surface area contributed by atoms with Gasteiger partial charge < -0.3 is 15.1 Å². The maximum absolute atomic E-state index is 12.6. The highest BCUT2D eigenvalue weighted by Crippen LogP contribution is 2.14. The molecule has 0 saturated carbocycles. The first-order valence-electron chi connectivity index (χ1n) is 9.38. The van der Waals surface area contributed by atoms with Crippen LogP contribution in [0.1, 0.15) is 35.0 Å². The molecule has 1 aliphatic rings. The summed E-state index contributed by atoms with van der Waals surface area (Å²) in [4.78, 5) is 33.0. The van der Waals surface area contributed by atoms with Crippen LogP contribution in [-0.2, 0) is 6.54 Å². The zero-order valence-electron chi connectivity index (χ0n) is 15.9. The van der Waals surface area contributed by atoms with Gasteiger partial charge in [-0.1, -0.05) is 30.3 Å². The summed E-state index contributed by atoms with van der Waals surface area (Å²) in [5.41, 5.74) is 2.58. The number of carbonyl (C=O) groups excluding carboxylic acids is 2. The van der Waals surface area contributed by atoms with Crippen LogP contribution in [0.4, 0.5) is 4.79 Å². The smallest absolute Gasteiger partial charge is 0.317 e. The fourth-order valence-corrected chi connectivity index (χ4v) is 3.24. The molecule has 1 atom stereocenters. The van der Waals surface area contributed by atoms with Gasteiger partial charge in [0.2, 0.25) is 0 Å². The fourth-order valence-electron chi connectivity index (χ4n) is 3.24. The largest absolute Gasteiger partial charge is 0.336 e. The second-order valence-electron chi connectivity index (χ2n) is 6.87. The van der Waals surface area contributed by atoms with Gasteiger partial charge in [0.15, 0.2) is 0 Å². The normalized spacial score (nSPS) is 16.2. The predicted octanol–water partition coefficient (Wildman–Crippen LogP) is 2.84. The van der Waals surface area contributed by atoms with Crippen molar-refractivity contribution in [2.24, 2.45) is 0 Å². The molecule has 0 radical (unpaired) electrons. The first kappa shape index (κ1) is 18.9. The topological polar surface area (TPSA) is 65.5 Å². The van der Waals surface area contributed by atoms with Crippen LogP contribution in [-0.4, -0.2) is 52.4 Å². The lowest BCUT2D eigenvalue weighted by atomic mass is 10.2. The number of hydrogen-bond acceptors (Lipinski definition) is 3. The first-order valence-corrected chi connectivity index (χ1v) is 9.38. The highest BCUT2D eigenvalue weighted by Gasteiger charge is 2.29. The molecule has 142 valence electrons. The zero-order valence-corrected chi connectivity index (χ0v) is 15.9. The minimum atomic E-state index is -0.0855. The van der Waals surface area contributed by atoms with E-state index in [0.29, 0.717) is 31.7 Å². The van der Waals surface area contributed by atoms with E-state index in [1.54, 1.807) is 22.1 Å². The highest BCUT2D eigenvalue weighted by atomic mass is 16.2. The highest BCUT2D eigenvalue weighted by molar-refractivity contribution is 5.94. The van der Waals surface area contributed by atoms with Crippen LogP contribution in [0.5, 0.6) is 0 Å². The van der Waals surface area contributed by atoms with Gasteiger partial charge >= 0.3 is 6.03 Å². The molecule has 1 fully saturated rings. The predicted molar refractivity (Wildman–Crippen MR) is 104 cm³/mol. The van der Waals surface area contributed by atoms with Gasteiger partial charge in [0, 0.05) is 44.1 Å². The van der Waals surface area contributed by atoms with E-state index in [9.17, 15) is 9.59 Å². The number of aromatic nitrogens is 1. The molecule has 0 aliphatic carbocycles. The van der Waals surface area contributed by atoms with Crippen LogP contribution in [0.3, 0.4) is 0 Å². The van der Waals surface area contributed by atoms with Crippen molar-refractivity contribution in [1.29, 1.82) is 0 Å². The molecule has 6 heteroatoms. The summed E-state index contributed by atoms with van der Waals surface area (Å²) in [6, 6.07) is 13.5. The van der Waals surface area contributed by atoms with E-state index in [0.717, 1.165) is 17.7 Å². The van der Waals surface area contributed by atoms with Crippen LogP contribution in [0.2, 0.25) is 0 Å². The van der Waals surface area contributed by atoms with Crippen molar-refractivity contribution in [2.45, 2.75) is 32.9 Å². The van der Waals surface area contributed by atoms with Crippen LogP contribution in [0.25, 0.3) is 0 Å². The number of hydrogen-bond donors (Lipinski definition) is 1. The van der Waals surface area contributed by atoms with Crippen LogP contribution in [0, 0.1) is 6.92 Å². The summed E-state index contributed by atoms with van der Waals surface area (Å²) in [5.74, 6) is -0.0316. The zero-order chi connectivity index (χ0) is 19.2. The summed E-state index contributed by atoms with van der Waals surface area (Å²) in [5, 5.41) is 3.07. The van der Waals surface area contributed by atoms with E-state index >= 15 is 0 Å². The number of nitrogens with one attached hydrogen (secondary N) is 1. The van der Waals surface area contributed by atoms with Gasteiger partial charge in [0.1, 0.15) is 0 Å². The lowest BCUT2D eigenvalue weighted by molar-refractivity contribution is 0.0788. The maximum Gasteiger partial charge on any atom is 0.317 e. The Hall–Kier alpha value is -2.89. The Morgan fingerprint density at radius 1 is 1.22 bits per heavy atom. The standard InChI is InChI=1S/C21H26N4O2/c1-3-24(14-17-7-5-4-6-8-17)21(27)23-19-11-12-25(15-19)20(26)18-10-9-16(2)22-13-18/h4-10,13,19H,3,11-12,14-15H2,1-2H3,(H,23,27)/t19-/m1/s1. The van der Waals surface area contributed by atoms with Crippen molar-refractivity contribution in [3.8, 4) is 0 Å². The second kappa shape index (κ2) is 8.66. The lowest BCUT2D eigenvalue weighted by Gasteiger charge is -2.24. The van der Waals surface area contributed by atoms with E-state index in [1.165, 1.54) is 0 Å². The number of carbonyl (C=O) groups is 2. The van der Waals surface area contributed by atoms with Gasteiger partial charge in [-0.25, -0.2) is 4.79 Å². The molecule has 3 amide bonds. The number of urea groups is 1. The Morgan fingerprint density at radius 3 is 2.67 bits per heavy atom. The quantitative estimate of drug-likeness (QED) is 0.885. The van der Waals surface area contributed by atoms with E-state index < -0.39 is 0 Å². The number of amides is 3. The first-order chi connectivity index (χ1) is 13.1. The summed E-state index contributed by atoms with van der Waals surface area (Å²) in [6.07, 6.45) is 2.38. The molecule has 27 heavy (non-hydrogen) atoms. The van der Waals surface area contributed by atoms with Crippen LogP contribution < -0.4 is 5.32 Å². The average Bonchev–Trinajstić information content (AvgIpc) is 3.15. The molecule has 1 aliphatic heterocycles. The number of aryl methyl sites for hydroxylation is 1. The van der Waals surface area contributed by atoms with Gasteiger partial charge in [-0.3, -0.25) is 9.78 Å². The van der Waals surface area contributed by atoms with Crippen LogP contribution >= 0.6 is 0 Å². The Labute approximate surface area is 160 Å². The Balaban J connectivity index is 1.54. The van der Waals surface area contributed by atoms with Gasteiger partial charge in [-0.2, -0.15) is 0 Å². The third-order valence-electron chi connectivity index (χ3n) is 4.85. The third kappa shape index (κ3) is 4.84. The van der Waals surface area contributed by atoms with E-state index in [1.807, 2.05) is 50.2 Å². The molecule has 1 aromatic carbocycles. The van der Waals surface area contributed by atoms with Crippen LogP contribution in [0.15, 0.2) is 48.7 Å². The number of pyridine rings is 1. The fraction of sp³-hybridized carbons (Fsp3) is 0.381. The molecule has 2 heterocycles. The maximum atomic E-state index is 12.6. The molecule has 3 rings (SSSR count). The van der Waals surface area contributed by atoms with Gasteiger partial charge in [-0.15, -0.1) is 0 Å². The van der Waals surface area contributed by atoms with Crippen molar-refractivity contribution in [2.75, 3.05) is 19.6 Å². The molecule has 1 N–H and O–H groups in total. The Morgan fingerprint density at radius 2 is 2.00 bits per heavy atom. The summed E-state index contributed by atoms with van der Waals surface area (Å²) in [6.45, 7) is 6.24. The average molecular weight is 366 g/mol. The lowest BCUT2D eigenvalue weighted by Crippen LogP contribution is -2.45. The number of nitrogens with zero attached hydrogens (tertiary/aromatic N) is 3. The second-order valence-corrected chi connectivity index (χ2v) is 6.87. The summed E-state index contributed by atoms with van der Waals surface area (Å²) >= 11 is 0. The SMILES string of the molecule is CCN(Cc1ccccc1)C(=O)N[C@@H]1CCN(C(=O)c2ccc(C)nc2)C1. The van der Waals surface area contributed by atoms with Crippen molar-refractivity contribution in [1.82, 2.24) is 20.1 Å². The number of rotatable bonds is 5.